The molecule has 0 amide bonds. The van der Waals surface area contributed by atoms with Gasteiger partial charge in [-0.1, -0.05) is 6.92 Å². The van der Waals surface area contributed by atoms with Crippen molar-refractivity contribution in [2.45, 2.75) is 40.2 Å². The first kappa shape index (κ1) is 12.7. The van der Waals surface area contributed by atoms with E-state index < -0.39 is 0 Å². The smallest absolute Gasteiger partial charge is 0.224 e. The number of rotatable bonds is 6. The van der Waals surface area contributed by atoms with Crippen LogP contribution >= 0.6 is 0 Å². The SMILES string of the molecule is CCCN(c1ccnc(NCC)n1)C(C)C. The van der Waals surface area contributed by atoms with Crippen molar-refractivity contribution in [3.05, 3.63) is 12.3 Å². The molecule has 1 aromatic rings. The third kappa shape index (κ3) is 3.36. The minimum Gasteiger partial charge on any atom is -0.354 e. The molecule has 0 saturated carbocycles. The van der Waals surface area contributed by atoms with E-state index in [4.69, 9.17) is 0 Å². The number of hydrogen-bond donors (Lipinski definition) is 1. The van der Waals surface area contributed by atoms with Gasteiger partial charge in [0.15, 0.2) is 0 Å². The van der Waals surface area contributed by atoms with Gasteiger partial charge >= 0.3 is 0 Å². The Morgan fingerprint density at radius 1 is 1.38 bits per heavy atom. The fourth-order valence-corrected chi connectivity index (χ4v) is 1.63. The van der Waals surface area contributed by atoms with E-state index in [1.54, 1.807) is 0 Å². The molecule has 0 spiro atoms. The Hall–Kier alpha value is -1.32. The molecule has 0 bridgehead atoms. The lowest BCUT2D eigenvalue weighted by Gasteiger charge is -2.27. The summed E-state index contributed by atoms with van der Waals surface area (Å²) in [6.07, 6.45) is 2.93. The van der Waals surface area contributed by atoms with Gasteiger partial charge in [0.25, 0.3) is 0 Å². The molecule has 4 heteroatoms. The number of nitrogens with one attached hydrogen (secondary N) is 1. The maximum atomic E-state index is 4.51. The van der Waals surface area contributed by atoms with E-state index in [9.17, 15) is 0 Å². The standard InChI is InChI=1S/C12H22N4/c1-5-9-16(10(3)4)11-7-8-14-12(15-11)13-6-2/h7-8,10H,5-6,9H2,1-4H3,(H,13,14,15). The maximum absolute atomic E-state index is 4.51. The molecule has 0 atom stereocenters. The van der Waals surface area contributed by atoms with Crippen LogP contribution in [0.5, 0.6) is 0 Å². The fraction of sp³-hybridized carbons (Fsp3) is 0.667. The lowest BCUT2D eigenvalue weighted by atomic mass is 10.3. The average molecular weight is 222 g/mol. The molecular formula is C12H22N4. The van der Waals surface area contributed by atoms with Gasteiger partial charge in [0.2, 0.25) is 5.95 Å². The molecule has 0 unspecified atom stereocenters. The molecule has 1 heterocycles. The molecule has 4 nitrogen and oxygen atoms in total. The highest BCUT2D eigenvalue weighted by atomic mass is 15.2. The van der Waals surface area contributed by atoms with Crippen LogP contribution in [0.4, 0.5) is 11.8 Å². The number of hydrogen-bond acceptors (Lipinski definition) is 4. The van der Waals surface area contributed by atoms with E-state index in [2.05, 4.69) is 41.0 Å². The third-order valence-electron chi connectivity index (χ3n) is 2.36. The Balaban J connectivity index is 2.86. The molecule has 0 saturated heterocycles. The molecule has 16 heavy (non-hydrogen) atoms. The Bertz CT molecular complexity index is 312. The van der Waals surface area contributed by atoms with Gasteiger partial charge in [-0.2, -0.15) is 4.98 Å². The van der Waals surface area contributed by atoms with Crippen LogP contribution in [-0.4, -0.2) is 29.1 Å². The second-order valence-corrected chi connectivity index (χ2v) is 4.06. The lowest BCUT2D eigenvalue weighted by Crippen LogP contribution is -2.32. The third-order valence-corrected chi connectivity index (χ3v) is 2.36. The minimum absolute atomic E-state index is 0.462. The Morgan fingerprint density at radius 3 is 2.69 bits per heavy atom. The second kappa shape index (κ2) is 6.30. The Kier molecular flexibility index (Phi) is 5.02. The summed E-state index contributed by atoms with van der Waals surface area (Å²) in [5, 5.41) is 3.13. The van der Waals surface area contributed by atoms with E-state index >= 15 is 0 Å². The van der Waals surface area contributed by atoms with Gasteiger partial charge in [0.05, 0.1) is 0 Å². The van der Waals surface area contributed by atoms with Gasteiger partial charge in [0, 0.05) is 25.3 Å². The Morgan fingerprint density at radius 2 is 2.12 bits per heavy atom. The summed E-state index contributed by atoms with van der Waals surface area (Å²) in [7, 11) is 0. The van der Waals surface area contributed by atoms with Gasteiger partial charge in [-0.25, -0.2) is 4.98 Å². The monoisotopic (exact) mass is 222 g/mol. The number of nitrogens with zero attached hydrogens (tertiary/aromatic N) is 3. The summed E-state index contributed by atoms with van der Waals surface area (Å²) < 4.78 is 0. The van der Waals surface area contributed by atoms with Crippen molar-refractivity contribution in [3.8, 4) is 0 Å². The van der Waals surface area contributed by atoms with Gasteiger partial charge in [-0.15, -0.1) is 0 Å². The summed E-state index contributed by atoms with van der Waals surface area (Å²) in [5.41, 5.74) is 0. The van der Waals surface area contributed by atoms with Gasteiger partial charge in [-0.3, -0.25) is 0 Å². The van der Waals surface area contributed by atoms with Gasteiger partial charge in [0.1, 0.15) is 5.82 Å². The first-order chi connectivity index (χ1) is 7.69. The lowest BCUT2D eigenvalue weighted by molar-refractivity contribution is 0.661. The first-order valence-electron chi connectivity index (χ1n) is 6.02. The van der Waals surface area contributed by atoms with Crippen molar-refractivity contribution in [1.82, 2.24) is 9.97 Å². The zero-order chi connectivity index (χ0) is 12.0. The van der Waals surface area contributed by atoms with Crippen LogP contribution in [0.2, 0.25) is 0 Å². The summed E-state index contributed by atoms with van der Waals surface area (Å²) in [5.74, 6) is 1.71. The fourth-order valence-electron chi connectivity index (χ4n) is 1.63. The summed E-state index contributed by atoms with van der Waals surface area (Å²) in [6.45, 7) is 10.5. The van der Waals surface area contributed by atoms with E-state index in [0.29, 0.717) is 12.0 Å². The number of anilines is 2. The highest BCUT2D eigenvalue weighted by Gasteiger charge is 2.11. The summed E-state index contributed by atoms with van der Waals surface area (Å²) >= 11 is 0. The molecular weight excluding hydrogens is 200 g/mol. The van der Waals surface area contributed by atoms with E-state index in [1.165, 1.54) is 0 Å². The molecule has 1 N–H and O–H groups in total. The van der Waals surface area contributed by atoms with Crippen LogP contribution in [0.3, 0.4) is 0 Å². The Labute approximate surface area is 98.1 Å². The highest BCUT2D eigenvalue weighted by molar-refractivity contribution is 5.43. The van der Waals surface area contributed by atoms with Crippen LogP contribution in [-0.2, 0) is 0 Å². The summed E-state index contributed by atoms with van der Waals surface area (Å²) in [6, 6.07) is 2.43. The first-order valence-corrected chi connectivity index (χ1v) is 6.02. The van der Waals surface area contributed by atoms with Crippen molar-refractivity contribution in [2.75, 3.05) is 23.3 Å². The minimum atomic E-state index is 0.462. The number of aromatic nitrogens is 2. The largest absolute Gasteiger partial charge is 0.354 e. The maximum Gasteiger partial charge on any atom is 0.224 e. The molecule has 0 aliphatic carbocycles. The van der Waals surface area contributed by atoms with E-state index in [0.717, 1.165) is 25.3 Å². The summed E-state index contributed by atoms with van der Waals surface area (Å²) in [4.78, 5) is 11.0. The van der Waals surface area contributed by atoms with E-state index in [-0.39, 0.29) is 0 Å². The molecule has 0 aliphatic heterocycles. The zero-order valence-electron chi connectivity index (χ0n) is 10.7. The van der Waals surface area contributed by atoms with Crippen LogP contribution < -0.4 is 10.2 Å². The van der Waals surface area contributed by atoms with Crippen LogP contribution in [0.25, 0.3) is 0 Å². The highest BCUT2D eigenvalue weighted by Crippen LogP contribution is 2.15. The molecule has 1 rings (SSSR count). The predicted molar refractivity (Wildman–Crippen MR) is 69.0 cm³/mol. The van der Waals surface area contributed by atoms with Crippen LogP contribution in [0.1, 0.15) is 34.1 Å². The zero-order valence-corrected chi connectivity index (χ0v) is 10.7. The van der Waals surface area contributed by atoms with Crippen molar-refractivity contribution >= 4 is 11.8 Å². The molecule has 0 aromatic carbocycles. The van der Waals surface area contributed by atoms with Gasteiger partial charge in [-0.05, 0) is 33.3 Å². The van der Waals surface area contributed by atoms with Crippen molar-refractivity contribution < 1.29 is 0 Å². The molecule has 0 radical (unpaired) electrons. The van der Waals surface area contributed by atoms with Crippen LogP contribution in [0.15, 0.2) is 12.3 Å². The molecule has 1 aromatic heterocycles. The molecule has 90 valence electrons. The van der Waals surface area contributed by atoms with Gasteiger partial charge < -0.3 is 10.2 Å². The predicted octanol–water partition coefficient (Wildman–Crippen LogP) is 2.53. The second-order valence-electron chi connectivity index (χ2n) is 4.06. The average Bonchev–Trinajstić information content (AvgIpc) is 2.26. The quantitative estimate of drug-likeness (QED) is 0.803. The van der Waals surface area contributed by atoms with Crippen molar-refractivity contribution in [2.24, 2.45) is 0 Å². The molecule has 0 aliphatic rings. The normalized spacial score (nSPS) is 10.6. The van der Waals surface area contributed by atoms with Crippen LogP contribution in [0, 0.1) is 0 Å². The topological polar surface area (TPSA) is 41.1 Å². The van der Waals surface area contributed by atoms with E-state index in [1.807, 2.05) is 19.2 Å². The van der Waals surface area contributed by atoms with Crippen molar-refractivity contribution in [1.29, 1.82) is 0 Å². The van der Waals surface area contributed by atoms with Crippen molar-refractivity contribution in [3.63, 3.8) is 0 Å². The molecule has 0 fully saturated rings.